The molecule has 0 spiro atoms. The van der Waals surface area contributed by atoms with Gasteiger partial charge >= 0.3 is 0 Å². The highest BCUT2D eigenvalue weighted by molar-refractivity contribution is 7.99. The lowest BCUT2D eigenvalue weighted by atomic mass is 10.1. The Kier molecular flexibility index (Phi) is 6.22. The van der Waals surface area contributed by atoms with E-state index < -0.39 is 0 Å². The highest BCUT2D eigenvalue weighted by Gasteiger charge is 2.15. The fraction of sp³-hybridized carbons (Fsp3) is 0.615. The van der Waals surface area contributed by atoms with Crippen molar-refractivity contribution in [1.29, 1.82) is 0 Å². The van der Waals surface area contributed by atoms with E-state index in [0.717, 1.165) is 31.1 Å². The maximum absolute atomic E-state index is 5.97. The maximum atomic E-state index is 5.97. The molecule has 0 saturated carbocycles. The van der Waals surface area contributed by atoms with Crippen molar-refractivity contribution < 1.29 is 0 Å². The summed E-state index contributed by atoms with van der Waals surface area (Å²) in [7, 11) is 0. The largest absolute Gasteiger partial charge is 0.353 e. The van der Waals surface area contributed by atoms with Crippen LogP contribution in [0.15, 0.2) is 0 Å². The van der Waals surface area contributed by atoms with Gasteiger partial charge in [-0.25, -0.2) is 0 Å². The summed E-state index contributed by atoms with van der Waals surface area (Å²) in [6.45, 7) is 2.72. The molecule has 1 aromatic heterocycles. The Morgan fingerprint density at radius 1 is 1.25 bits per heavy atom. The van der Waals surface area contributed by atoms with E-state index in [0.29, 0.717) is 11.9 Å². The summed E-state index contributed by atoms with van der Waals surface area (Å²) in [5, 5.41) is 3.40. The van der Waals surface area contributed by atoms with Crippen molar-refractivity contribution in [2.24, 2.45) is 0 Å². The Morgan fingerprint density at radius 3 is 2.80 bits per heavy atom. The second kappa shape index (κ2) is 8.18. The zero-order chi connectivity index (χ0) is 14.2. The van der Waals surface area contributed by atoms with E-state index in [2.05, 4.69) is 31.1 Å². The van der Waals surface area contributed by atoms with Gasteiger partial charge in [-0.3, -0.25) is 0 Å². The van der Waals surface area contributed by atoms with Gasteiger partial charge in [-0.15, -0.1) is 18.2 Å². The normalized spacial score (nSPS) is 14.9. The van der Waals surface area contributed by atoms with Crippen LogP contribution >= 0.6 is 23.4 Å². The zero-order valence-electron chi connectivity index (χ0n) is 11.3. The Bertz CT molecular complexity index is 470. The van der Waals surface area contributed by atoms with Crippen LogP contribution in [0.2, 0.25) is 5.28 Å². The number of terminal acetylenes is 1. The van der Waals surface area contributed by atoms with Crippen molar-refractivity contribution in [2.75, 3.05) is 41.4 Å². The first kappa shape index (κ1) is 15.2. The minimum absolute atomic E-state index is 0.236. The van der Waals surface area contributed by atoms with E-state index in [1.807, 2.05) is 0 Å². The lowest BCUT2D eigenvalue weighted by Crippen LogP contribution is -2.31. The molecule has 1 saturated heterocycles. The lowest BCUT2D eigenvalue weighted by Gasteiger charge is -2.26. The predicted molar refractivity (Wildman–Crippen MR) is 85.5 cm³/mol. The summed E-state index contributed by atoms with van der Waals surface area (Å²) in [4.78, 5) is 14.9. The fourth-order valence-electron chi connectivity index (χ4n) is 2.02. The molecule has 0 atom stereocenters. The third kappa shape index (κ3) is 4.73. The molecule has 2 rings (SSSR count). The third-order valence-electron chi connectivity index (χ3n) is 2.95. The van der Waals surface area contributed by atoms with E-state index in [1.165, 1.54) is 19.3 Å². The van der Waals surface area contributed by atoms with Gasteiger partial charge in [-0.2, -0.15) is 15.0 Å². The number of rotatable bonds is 6. The minimum atomic E-state index is 0.236. The molecule has 1 aliphatic heterocycles. The van der Waals surface area contributed by atoms with Crippen LogP contribution in [-0.2, 0) is 0 Å². The van der Waals surface area contributed by atoms with Gasteiger partial charge in [-0.1, -0.05) is 5.92 Å². The monoisotopic (exact) mass is 311 g/mol. The average Bonchev–Trinajstić information content (AvgIpc) is 2.47. The molecule has 7 heteroatoms. The number of aromatic nitrogens is 3. The van der Waals surface area contributed by atoms with E-state index in [1.54, 1.807) is 11.8 Å². The van der Waals surface area contributed by atoms with Crippen molar-refractivity contribution in [1.82, 2.24) is 15.0 Å². The van der Waals surface area contributed by atoms with E-state index in [4.69, 9.17) is 18.0 Å². The second-order valence-corrected chi connectivity index (χ2v) is 5.90. The van der Waals surface area contributed by atoms with E-state index in [-0.39, 0.29) is 5.28 Å². The van der Waals surface area contributed by atoms with Crippen LogP contribution in [0.1, 0.15) is 19.3 Å². The first-order valence-corrected chi connectivity index (χ1v) is 8.24. The first-order chi connectivity index (χ1) is 9.79. The number of piperidine rings is 1. The molecule has 0 aliphatic carbocycles. The van der Waals surface area contributed by atoms with Crippen molar-refractivity contribution in [3.05, 3.63) is 5.28 Å². The number of halogens is 1. The SMILES string of the molecule is C#CCSCCNc1nc(Cl)nc(N2CCCCC2)n1. The quantitative estimate of drug-likeness (QED) is 0.642. The molecule has 1 aromatic rings. The summed E-state index contributed by atoms with van der Waals surface area (Å²) in [5.41, 5.74) is 0. The summed E-state index contributed by atoms with van der Waals surface area (Å²) in [6.07, 6.45) is 8.82. The predicted octanol–water partition coefficient (Wildman–Crippen LogP) is 2.29. The van der Waals surface area contributed by atoms with Crippen molar-refractivity contribution in [3.8, 4) is 12.3 Å². The van der Waals surface area contributed by atoms with Gasteiger partial charge in [0, 0.05) is 25.4 Å². The summed E-state index contributed by atoms with van der Waals surface area (Å²) in [5.74, 6) is 5.43. The number of anilines is 2. The molecule has 1 N–H and O–H groups in total. The fourth-order valence-corrected chi connectivity index (χ4v) is 2.68. The molecular weight excluding hydrogens is 294 g/mol. The molecule has 20 heavy (non-hydrogen) atoms. The lowest BCUT2D eigenvalue weighted by molar-refractivity contribution is 0.567. The highest BCUT2D eigenvalue weighted by atomic mass is 35.5. The Hall–Kier alpha value is -1.19. The Morgan fingerprint density at radius 2 is 2.05 bits per heavy atom. The van der Waals surface area contributed by atoms with Crippen LogP contribution in [0, 0.1) is 12.3 Å². The molecule has 5 nitrogen and oxygen atoms in total. The standard InChI is InChI=1S/C13H18ClN5S/c1-2-9-20-10-6-15-12-16-11(14)17-13(18-12)19-7-4-3-5-8-19/h1H,3-10H2,(H,15,16,17,18). The van der Waals surface area contributed by atoms with Gasteiger partial charge in [-0.05, 0) is 30.9 Å². The van der Waals surface area contributed by atoms with Crippen molar-refractivity contribution in [2.45, 2.75) is 19.3 Å². The molecule has 0 aromatic carbocycles. The summed E-state index contributed by atoms with van der Waals surface area (Å²) in [6, 6.07) is 0. The first-order valence-electron chi connectivity index (χ1n) is 6.71. The molecule has 0 unspecified atom stereocenters. The molecule has 108 valence electrons. The number of hydrogen-bond acceptors (Lipinski definition) is 6. The van der Waals surface area contributed by atoms with E-state index in [9.17, 15) is 0 Å². The molecule has 0 amide bonds. The molecular formula is C13H18ClN5S. The van der Waals surface area contributed by atoms with Crippen LogP contribution in [0.5, 0.6) is 0 Å². The minimum Gasteiger partial charge on any atom is -0.353 e. The van der Waals surface area contributed by atoms with Gasteiger partial charge in [0.05, 0.1) is 5.75 Å². The molecule has 1 fully saturated rings. The number of nitrogens with one attached hydrogen (secondary N) is 1. The van der Waals surface area contributed by atoms with Crippen molar-refractivity contribution >= 4 is 35.3 Å². The van der Waals surface area contributed by atoms with Gasteiger partial charge in [0.15, 0.2) is 0 Å². The van der Waals surface area contributed by atoms with Crippen LogP contribution in [0.25, 0.3) is 0 Å². The van der Waals surface area contributed by atoms with Crippen LogP contribution in [0.3, 0.4) is 0 Å². The third-order valence-corrected chi connectivity index (χ3v) is 3.98. The number of thioether (sulfide) groups is 1. The second-order valence-electron chi connectivity index (χ2n) is 4.46. The van der Waals surface area contributed by atoms with Gasteiger partial charge < -0.3 is 10.2 Å². The van der Waals surface area contributed by atoms with Crippen LogP contribution in [-0.4, -0.2) is 46.1 Å². The Labute approximate surface area is 128 Å². The summed E-state index contributed by atoms with van der Waals surface area (Å²) >= 11 is 7.67. The van der Waals surface area contributed by atoms with Gasteiger partial charge in [0.25, 0.3) is 0 Å². The molecule has 0 radical (unpaired) electrons. The van der Waals surface area contributed by atoms with E-state index >= 15 is 0 Å². The maximum Gasteiger partial charge on any atom is 0.231 e. The molecule has 0 bridgehead atoms. The zero-order valence-corrected chi connectivity index (χ0v) is 12.9. The van der Waals surface area contributed by atoms with Gasteiger partial charge in [0.2, 0.25) is 17.2 Å². The smallest absolute Gasteiger partial charge is 0.231 e. The number of nitrogens with zero attached hydrogens (tertiary/aromatic N) is 4. The van der Waals surface area contributed by atoms with Gasteiger partial charge in [0.1, 0.15) is 0 Å². The van der Waals surface area contributed by atoms with Crippen molar-refractivity contribution in [3.63, 3.8) is 0 Å². The molecule has 2 heterocycles. The van der Waals surface area contributed by atoms with Crippen LogP contribution < -0.4 is 10.2 Å². The molecule has 1 aliphatic rings. The number of hydrogen-bond donors (Lipinski definition) is 1. The highest BCUT2D eigenvalue weighted by Crippen LogP contribution is 2.18. The summed E-state index contributed by atoms with van der Waals surface area (Å²) < 4.78 is 0. The topological polar surface area (TPSA) is 53.9 Å². The van der Waals surface area contributed by atoms with Crippen LogP contribution in [0.4, 0.5) is 11.9 Å². The average molecular weight is 312 g/mol. The Balaban J connectivity index is 1.92.